The van der Waals surface area contributed by atoms with Gasteiger partial charge in [0.05, 0.1) is 5.92 Å². The first-order valence-corrected chi connectivity index (χ1v) is 8.58. The van der Waals surface area contributed by atoms with E-state index in [0.717, 1.165) is 23.3 Å². The average Bonchev–Trinajstić information content (AvgIpc) is 2.97. The number of carbonyl (C=O) groups excluding carboxylic acids is 1. The number of terminal acetylenes is 1. The van der Waals surface area contributed by atoms with Gasteiger partial charge in [-0.25, -0.2) is 4.99 Å². The van der Waals surface area contributed by atoms with Crippen LogP contribution in [0.2, 0.25) is 0 Å². The Bertz CT molecular complexity index is 930. The van der Waals surface area contributed by atoms with E-state index in [1.807, 2.05) is 18.2 Å². The zero-order valence-electron chi connectivity index (χ0n) is 14.8. The first kappa shape index (κ1) is 15.8. The zero-order valence-corrected chi connectivity index (χ0v) is 14.8. The van der Waals surface area contributed by atoms with E-state index in [1.54, 1.807) is 0 Å². The minimum atomic E-state index is -0.560. The molecule has 1 aliphatic carbocycles. The number of nitrogens with one attached hydrogen (secondary N) is 1. The van der Waals surface area contributed by atoms with E-state index in [0.29, 0.717) is 17.9 Å². The second kappa shape index (κ2) is 5.16. The summed E-state index contributed by atoms with van der Waals surface area (Å²) in [6.45, 7) is 6.35. The molecule has 0 saturated heterocycles. The van der Waals surface area contributed by atoms with Gasteiger partial charge in [-0.05, 0) is 17.4 Å². The van der Waals surface area contributed by atoms with Crippen LogP contribution in [-0.4, -0.2) is 21.7 Å². The lowest BCUT2D eigenvalue weighted by Gasteiger charge is -2.46. The van der Waals surface area contributed by atoms with E-state index in [4.69, 9.17) is 11.4 Å². The van der Waals surface area contributed by atoms with Gasteiger partial charge in [0, 0.05) is 23.1 Å². The molecule has 1 fully saturated rings. The Balaban J connectivity index is 2.02. The van der Waals surface area contributed by atoms with Crippen LogP contribution in [0.5, 0.6) is 0 Å². The molecule has 1 aliphatic heterocycles. The second-order valence-electron chi connectivity index (χ2n) is 8.03. The SMILES string of the molecule is C#Cc1[nH]nc2c1C(C)(c1ccccc1)C1C(=O)CC(C)(C)CC1=N2. The summed E-state index contributed by atoms with van der Waals surface area (Å²) in [7, 11) is 0. The van der Waals surface area contributed by atoms with Crippen LogP contribution in [0.25, 0.3) is 0 Å². The van der Waals surface area contributed by atoms with Gasteiger partial charge in [-0.3, -0.25) is 9.89 Å². The number of carbonyl (C=O) groups is 1. The highest BCUT2D eigenvalue weighted by Crippen LogP contribution is 2.52. The molecular weight excluding hydrogens is 310 g/mol. The molecule has 25 heavy (non-hydrogen) atoms. The topological polar surface area (TPSA) is 58.1 Å². The van der Waals surface area contributed by atoms with Crippen molar-refractivity contribution in [3.63, 3.8) is 0 Å². The fraction of sp³-hybridized carbons (Fsp3) is 0.381. The number of aromatic nitrogens is 2. The van der Waals surface area contributed by atoms with Gasteiger partial charge in [-0.1, -0.05) is 57.0 Å². The lowest BCUT2D eigenvalue weighted by Crippen LogP contribution is -2.50. The van der Waals surface area contributed by atoms with Crippen molar-refractivity contribution in [2.45, 2.75) is 39.0 Å². The van der Waals surface area contributed by atoms with Crippen LogP contribution in [0.15, 0.2) is 35.3 Å². The molecule has 0 radical (unpaired) electrons. The molecule has 126 valence electrons. The van der Waals surface area contributed by atoms with Crippen LogP contribution in [0.3, 0.4) is 0 Å². The number of benzene rings is 1. The zero-order chi connectivity index (χ0) is 17.8. The molecule has 0 bridgehead atoms. The number of H-pyrrole nitrogens is 1. The largest absolute Gasteiger partial charge is 0.299 e. The summed E-state index contributed by atoms with van der Waals surface area (Å²) < 4.78 is 0. The smallest absolute Gasteiger partial charge is 0.179 e. The number of rotatable bonds is 1. The maximum Gasteiger partial charge on any atom is 0.179 e. The van der Waals surface area contributed by atoms with Gasteiger partial charge < -0.3 is 0 Å². The average molecular weight is 331 g/mol. The normalized spacial score (nSPS) is 27.0. The van der Waals surface area contributed by atoms with Gasteiger partial charge in [-0.15, -0.1) is 6.42 Å². The number of nitrogens with zero attached hydrogens (tertiary/aromatic N) is 2. The molecule has 4 rings (SSSR count). The lowest BCUT2D eigenvalue weighted by molar-refractivity contribution is -0.125. The van der Waals surface area contributed by atoms with E-state index >= 15 is 0 Å². The molecule has 1 aromatic heterocycles. The quantitative estimate of drug-likeness (QED) is 0.808. The number of aliphatic imine (C=N–C) groups is 1. The molecule has 2 atom stereocenters. The highest BCUT2D eigenvalue weighted by molar-refractivity contribution is 6.11. The highest BCUT2D eigenvalue weighted by Gasteiger charge is 2.53. The Hall–Kier alpha value is -2.67. The molecule has 0 amide bonds. The standard InChI is InChI=1S/C21H21N3O/c1-5-14-18-19(24-23-14)22-15-11-20(2,3)12-16(25)17(15)21(18,4)13-9-7-6-8-10-13/h1,6-10,17H,11-12H2,2-4H3,(H,23,24). The van der Waals surface area contributed by atoms with Crippen LogP contribution >= 0.6 is 0 Å². The van der Waals surface area contributed by atoms with Crippen molar-refractivity contribution in [3.05, 3.63) is 47.2 Å². The monoisotopic (exact) mass is 331 g/mol. The summed E-state index contributed by atoms with van der Waals surface area (Å²) in [6.07, 6.45) is 7.06. The minimum absolute atomic E-state index is 0.0766. The van der Waals surface area contributed by atoms with E-state index < -0.39 is 5.41 Å². The number of aromatic amines is 1. The third-order valence-electron chi connectivity index (χ3n) is 5.58. The second-order valence-corrected chi connectivity index (χ2v) is 8.03. The fourth-order valence-corrected chi connectivity index (χ4v) is 4.56. The predicted molar refractivity (Wildman–Crippen MR) is 98.0 cm³/mol. The number of fused-ring (bicyclic) bond motifs is 2. The Kier molecular flexibility index (Phi) is 3.27. The van der Waals surface area contributed by atoms with Crippen molar-refractivity contribution in [2.24, 2.45) is 16.3 Å². The maximum absolute atomic E-state index is 13.2. The van der Waals surface area contributed by atoms with Gasteiger partial charge >= 0.3 is 0 Å². The summed E-state index contributed by atoms with van der Waals surface area (Å²) >= 11 is 0. The fourth-order valence-electron chi connectivity index (χ4n) is 4.56. The number of ketones is 1. The van der Waals surface area contributed by atoms with Crippen molar-refractivity contribution < 1.29 is 4.79 Å². The first-order chi connectivity index (χ1) is 11.9. The third kappa shape index (κ3) is 2.19. The number of Topliss-reactive ketones (excluding diaryl/α,β-unsaturated/α-hetero) is 1. The van der Waals surface area contributed by atoms with E-state index in [-0.39, 0.29) is 17.1 Å². The molecule has 2 aromatic rings. The van der Waals surface area contributed by atoms with Gasteiger partial charge in [0.15, 0.2) is 5.82 Å². The Morgan fingerprint density at radius 2 is 1.92 bits per heavy atom. The van der Waals surface area contributed by atoms with E-state index in [1.165, 1.54) is 0 Å². The Morgan fingerprint density at radius 1 is 1.20 bits per heavy atom. The summed E-state index contributed by atoms with van der Waals surface area (Å²) in [4.78, 5) is 18.0. The Morgan fingerprint density at radius 3 is 2.60 bits per heavy atom. The van der Waals surface area contributed by atoms with Crippen molar-refractivity contribution in [1.82, 2.24) is 10.2 Å². The van der Waals surface area contributed by atoms with E-state index in [9.17, 15) is 4.79 Å². The summed E-state index contributed by atoms with van der Waals surface area (Å²) in [5.41, 5.74) is 2.84. The molecule has 1 saturated carbocycles. The Labute approximate surface area is 147 Å². The van der Waals surface area contributed by atoms with Gasteiger partial charge in [0.25, 0.3) is 0 Å². The van der Waals surface area contributed by atoms with Crippen LogP contribution in [0.1, 0.15) is 50.4 Å². The summed E-state index contributed by atoms with van der Waals surface area (Å²) in [5, 5.41) is 7.28. The predicted octanol–water partition coefficient (Wildman–Crippen LogP) is 3.79. The van der Waals surface area contributed by atoms with Crippen molar-refractivity contribution >= 4 is 17.3 Å². The summed E-state index contributed by atoms with van der Waals surface area (Å²) in [6, 6.07) is 10.1. The molecular formula is C21H21N3O. The number of hydrogen-bond acceptors (Lipinski definition) is 3. The first-order valence-electron chi connectivity index (χ1n) is 8.58. The molecule has 2 aliphatic rings. The minimum Gasteiger partial charge on any atom is -0.299 e. The molecule has 1 aromatic carbocycles. The van der Waals surface area contributed by atoms with Crippen LogP contribution in [0, 0.1) is 23.7 Å². The molecule has 4 heteroatoms. The van der Waals surface area contributed by atoms with Crippen molar-refractivity contribution in [1.29, 1.82) is 0 Å². The van der Waals surface area contributed by atoms with Crippen molar-refractivity contribution in [2.75, 3.05) is 0 Å². The van der Waals surface area contributed by atoms with Gasteiger partial charge in [0.2, 0.25) is 0 Å². The molecule has 2 heterocycles. The molecule has 1 N–H and O–H groups in total. The molecule has 4 nitrogen and oxygen atoms in total. The van der Waals surface area contributed by atoms with Crippen molar-refractivity contribution in [3.8, 4) is 12.3 Å². The van der Waals surface area contributed by atoms with Gasteiger partial charge in [-0.2, -0.15) is 5.10 Å². The van der Waals surface area contributed by atoms with Gasteiger partial charge in [0.1, 0.15) is 11.5 Å². The molecule has 0 spiro atoms. The molecule has 2 unspecified atom stereocenters. The lowest BCUT2D eigenvalue weighted by atomic mass is 9.57. The third-order valence-corrected chi connectivity index (χ3v) is 5.58. The maximum atomic E-state index is 13.2. The highest BCUT2D eigenvalue weighted by atomic mass is 16.1. The van der Waals surface area contributed by atoms with Crippen LogP contribution in [-0.2, 0) is 10.2 Å². The van der Waals surface area contributed by atoms with E-state index in [2.05, 4.69) is 49.0 Å². The summed E-state index contributed by atoms with van der Waals surface area (Å²) in [5.74, 6) is 3.25. The van der Waals surface area contributed by atoms with Crippen LogP contribution < -0.4 is 0 Å². The number of hydrogen-bond donors (Lipinski definition) is 1. The van der Waals surface area contributed by atoms with Crippen LogP contribution in [0.4, 0.5) is 5.82 Å².